The highest BCUT2D eigenvalue weighted by Crippen LogP contribution is 2.26. The molecule has 112 valence electrons. The molecule has 0 bridgehead atoms. The number of carbonyl (C=O) groups excluding carboxylic acids is 1. The first-order valence-electron chi connectivity index (χ1n) is 7.06. The molecule has 1 amide bonds. The van der Waals surface area contributed by atoms with Gasteiger partial charge < -0.3 is 15.0 Å². The van der Waals surface area contributed by atoms with E-state index in [0.29, 0.717) is 24.4 Å². The zero-order valence-corrected chi connectivity index (χ0v) is 11.7. The molecule has 0 spiro atoms. The van der Waals surface area contributed by atoms with Crippen LogP contribution in [0.3, 0.4) is 0 Å². The van der Waals surface area contributed by atoms with Crippen molar-refractivity contribution in [2.24, 2.45) is 0 Å². The fourth-order valence-electron chi connectivity index (χ4n) is 2.92. The molecule has 0 saturated carbocycles. The van der Waals surface area contributed by atoms with Crippen molar-refractivity contribution in [3.05, 3.63) is 46.4 Å². The van der Waals surface area contributed by atoms with E-state index in [4.69, 9.17) is 0 Å². The van der Waals surface area contributed by atoms with E-state index in [1.807, 2.05) is 0 Å². The topological polar surface area (TPSA) is 111 Å². The summed E-state index contributed by atoms with van der Waals surface area (Å²) in [7, 11) is 0. The van der Waals surface area contributed by atoms with E-state index < -0.39 is 0 Å². The average molecular weight is 298 g/mol. The quantitative estimate of drug-likeness (QED) is 0.643. The fourth-order valence-corrected chi connectivity index (χ4v) is 2.92. The van der Waals surface area contributed by atoms with Crippen molar-refractivity contribution in [3.8, 4) is 0 Å². The van der Waals surface area contributed by atoms with Gasteiger partial charge in [0.25, 0.3) is 11.5 Å². The van der Waals surface area contributed by atoms with Gasteiger partial charge in [0.2, 0.25) is 0 Å². The highest BCUT2D eigenvalue weighted by molar-refractivity contribution is 5.97. The minimum Gasteiger partial charge on any atom is -0.337 e. The van der Waals surface area contributed by atoms with Gasteiger partial charge in [0, 0.05) is 42.4 Å². The Kier molecular flexibility index (Phi) is 2.81. The van der Waals surface area contributed by atoms with Crippen LogP contribution in [0, 0.1) is 0 Å². The van der Waals surface area contributed by atoms with Crippen LogP contribution in [0.2, 0.25) is 0 Å². The summed E-state index contributed by atoms with van der Waals surface area (Å²) in [5.41, 5.74) is 1.87. The predicted octanol–water partition coefficient (Wildman–Crippen LogP) is 0.604. The number of fused-ring (bicyclic) bond motifs is 1. The van der Waals surface area contributed by atoms with Crippen molar-refractivity contribution in [2.45, 2.75) is 12.3 Å². The molecule has 0 aromatic carbocycles. The average Bonchev–Trinajstić information content (AvgIpc) is 3.24. The van der Waals surface area contributed by atoms with Gasteiger partial charge in [-0.2, -0.15) is 0 Å². The van der Waals surface area contributed by atoms with Gasteiger partial charge in [-0.3, -0.25) is 14.7 Å². The Morgan fingerprint density at radius 2 is 2.23 bits per heavy atom. The molecule has 0 aliphatic carbocycles. The summed E-state index contributed by atoms with van der Waals surface area (Å²) in [4.78, 5) is 36.6. The molecule has 4 heterocycles. The molecule has 4 rings (SSSR count). The number of H-pyrrole nitrogens is 3. The van der Waals surface area contributed by atoms with Crippen LogP contribution in [0.25, 0.3) is 11.0 Å². The highest BCUT2D eigenvalue weighted by Gasteiger charge is 2.29. The maximum atomic E-state index is 12.6. The van der Waals surface area contributed by atoms with Gasteiger partial charge in [-0.05, 0) is 12.5 Å². The molecule has 3 aromatic heterocycles. The molecular weight excluding hydrogens is 284 g/mol. The predicted molar refractivity (Wildman–Crippen MR) is 78.6 cm³/mol. The number of hydrogen-bond acceptors (Lipinski definition) is 4. The fraction of sp³-hybridized carbons (Fsp3) is 0.286. The summed E-state index contributed by atoms with van der Waals surface area (Å²) in [5.74, 6) is 0.102. The zero-order chi connectivity index (χ0) is 15.1. The van der Waals surface area contributed by atoms with Crippen molar-refractivity contribution < 1.29 is 4.79 Å². The van der Waals surface area contributed by atoms with Crippen LogP contribution >= 0.6 is 0 Å². The molecule has 8 nitrogen and oxygen atoms in total. The minimum absolute atomic E-state index is 0.0571. The first kappa shape index (κ1) is 12.8. The Bertz CT molecular complexity index is 859. The standard InChI is InChI=1S/C14H14N6O2/c21-12-4-10(18-19-12)8-1-2-20(6-8)14(22)11-3-9-5-15-7-16-13(9)17-11/h3-5,7-8H,1-2,6H2,(H,15,16,17)(H2,18,19,21). The molecular formula is C14H14N6O2. The first-order chi connectivity index (χ1) is 10.7. The molecule has 3 aromatic rings. The van der Waals surface area contributed by atoms with Crippen molar-refractivity contribution >= 4 is 16.9 Å². The maximum Gasteiger partial charge on any atom is 0.270 e. The van der Waals surface area contributed by atoms with Crippen molar-refractivity contribution in [1.82, 2.24) is 30.0 Å². The number of carbonyl (C=O) groups is 1. The number of nitrogens with one attached hydrogen (secondary N) is 3. The normalized spacial score (nSPS) is 18.2. The van der Waals surface area contributed by atoms with Crippen LogP contribution in [0.1, 0.15) is 28.5 Å². The Hall–Kier alpha value is -2.90. The summed E-state index contributed by atoms with van der Waals surface area (Å²) >= 11 is 0. The maximum absolute atomic E-state index is 12.6. The smallest absolute Gasteiger partial charge is 0.270 e. The molecule has 1 aliphatic rings. The lowest BCUT2D eigenvalue weighted by Crippen LogP contribution is -2.28. The molecule has 22 heavy (non-hydrogen) atoms. The van der Waals surface area contributed by atoms with E-state index in [1.165, 1.54) is 6.33 Å². The van der Waals surface area contributed by atoms with Crippen LogP contribution in [-0.4, -0.2) is 49.0 Å². The van der Waals surface area contributed by atoms with Gasteiger partial charge >= 0.3 is 0 Å². The first-order valence-corrected chi connectivity index (χ1v) is 7.06. The summed E-state index contributed by atoms with van der Waals surface area (Å²) < 4.78 is 0. The number of hydrogen-bond donors (Lipinski definition) is 3. The van der Waals surface area contributed by atoms with Gasteiger partial charge in [0.1, 0.15) is 17.7 Å². The highest BCUT2D eigenvalue weighted by atomic mass is 16.2. The van der Waals surface area contributed by atoms with E-state index in [-0.39, 0.29) is 17.4 Å². The molecule has 3 N–H and O–H groups in total. The molecule has 1 aliphatic heterocycles. The second kappa shape index (κ2) is 4.83. The van der Waals surface area contributed by atoms with E-state index in [2.05, 4.69) is 25.1 Å². The van der Waals surface area contributed by atoms with Gasteiger partial charge in [-0.1, -0.05) is 0 Å². The number of likely N-dealkylation sites (tertiary alicyclic amines) is 1. The van der Waals surface area contributed by atoms with Gasteiger partial charge in [-0.25, -0.2) is 9.97 Å². The molecule has 8 heteroatoms. The van der Waals surface area contributed by atoms with Gasteiger partial charge in [-0.15, -0.1) is 0 Å². The van der Waals surface area contributed by atoms with Crippen molar-refractivity contribution in [3.63, 3.8) is 0 Å². The Labute approximate surface area is 124 Å². The van der Waals surface area contributed by atoms with Crippen LogP contribution in [0.4, 0.5) is 0 Å². The third kappa shape index (κ3) is 2.09. The monoisotopic (exact) mass is 298 g/mol. The third-order valence-corrected chi connectivity index (χ3v) is 4.06. The van der Waals surface area contributed by atoms with Crippen LogP contribution < -0.4 is 5.56 Å². The summed E-state index contributed by atoms with van der Waals surface area (Å²) in [6, 6.07) is 3.32. The van der Waals surface area contributed by atoms with Crippen LogP contribution in [-0.2, 0) is 0 Å². The van der Waals surface area contributed by atoms with Crippen molar-refractivity contribution in [1.29, 1.82) is 0 Å². The number of amides is 1. The second-order valence-electron chi connectivity index (χ2n) is 5.46. The summed E-state index contributed by atoms with van der Waals surface area (Å²) in [5, 5.41) is 6.22. The van der Waals surface area contributed by atoms with E-state index in [0.717, 1.165) is 17.5 Å². The number of aromatic amines is 3. The lowest BCUT2D eigenvalue weighted by molar-refractivity contribution is 0.0786. The SMILES string of the molecule is O=C(c1cc2cncnc2[nH]1)N1CCC(c2cc(=O)[nH][nH]2)C1. The zero-order valence-electron chi connectivity index (χ0n) is 11.7. The van der Waals surface area contributed by atoms with E-state index in [1.54, 1.807) is 23.2 Å². The Morgan fingerprint density at radius 1 is 1.32 bits per heavy atom. The molecule has 1 saturated heterocycles. The van der Waals surface area contributed by atoms with Crippen LogP contribution in [0.15, 0.2) is 29.5 Å². The summed E-state index contributed by atoms with van der Waals surface area (Å²) in [6.07, 6.45) is 3.95. The molecule has 0 radical (unpaired) electrons. The minimum atomic E-state index is -0.144. The lowest BCUT2D eigenvalue weighted by atomic mass is 10.1. The van der Waals surface area contributed by atoms with E-state index >= 15 is 0 Å². The van der Waals surface area contributed by atoms with Crippen LogP contribution in [0.5, 0.6) is 0 Å². The largest absolute Gasteiger partial charge is 0.337 e. The number of aromatic nitrogens is 5. The third-order valence-electron chi connectivity index (χ3n) is 4.06. The van der Waals surface area contributed by atoms with E-state index in [9.17, 15) is 9.59 Å². The molecule has 1 atom stereocenters. The summed E-state index contributed by atoms with van der Waals surface area (Å²) in [6.45, 7) is 1.26. The number of nitrogens with zero attached hydrogens (tertiary/aromatic N) is 3. The molecule has 1 fully saturated rings. The lowest BCUT2D eigenvalue weighted by Gasteiger charge is -2.15. The van der Waals surface area contributed by atoms with Gasteiger partial charge in [0.05, 0.1) is 0 Å². The van der Waals surface area contributed by atoms with Crippen molar-refractivity contribution in [2.75, 3.05) is 13.1 Å². The van der Waals surface area contributed by atoms with Gasteiger partial charge in [0.15, 0.2) is 0 Å². The Balaban J connectivity index is 1.55. The Morgan fingerprint density at radius 3 is 3.00 bits per heavy atom. The number of rotatable bonds is 2. The second-order valence-corrected chi connectivity index (χ2v) is 5.46. The molecule has 1 unspecified atom stereocenters.